The van der Waals surface area contributed by atoms with Crippen LogP contribution in [0.3, 0.4) is 0 Å². The Balaban J connectivity index is 2.70. The first kappa shape index (κ1) is 11.8. The molecule has 78 valence electrons. The van der Waals surface area contributed by atoms with E-state index in [9.17, 15) is 0 Å². The Morgan fingerprint density at radius 2 is 2.40 bits per heavy atom. The molecule has 0 bridgehead atoms. The van der Waals surface area contributed by atoms with Gasteiger partial charge in [0.05, 0.1) is 5.69 Å². The molecule has 0 saturated carbocycles. The van der Waals surface area contributed by atoms with Crippen LogP contribution >= 0.6 is 28.1 Å². The first-order valence-corrected chi connectivity index (χ1v) is 5.18. The minimum absolute atomic E-state index is 0.137. The van der Waals surface area contributed by atoms with Crippen molar-refractivity contribution in [2.45, 2.75) is 0 Å². The first-order valence-electron chi connectivity index (χ1n) is 3.98. The number of halogens is 1. The van der Waals surface area contributed by atoms with Crippen molar-refractivity contribution in [1.29, 1.82) is 0 Å². The Morgan fingerprint density at radius 3 is 3.00 bits per heavy atom. The van der Waals surface area contributed by atoms with Crippen molar-refractivity contribution < 1.29 is 0 Å². The zero-order chi connectivity index (χ0) is 11.3. The highest BCUT2D eigenvalue weighted by Gasteiger charge is 2.01. The Morgan fingerprint density at radius 1 is 1.67 bits per heavy atom. The van der Waals surface area contributed by atoms with E-state index in [0.717, 1.165) is 10.2 Å². The topological polar surface area (TPSA) is 64.0 Å². The van der Waals surface area contributed by atoms with Crippen LogP contribution in [0.25, 0.3) is 10.4 Å². The van der Waals surface area contributed by atoms with Crippen LogP contribution in [0.15, 0.2) is 33.9 Å². The Kier molecular flexibility index (Phi) is 4.36. The van der Waals surface area contributed by atoms with Crippen LogP contribution in [-0.4, -0.2) is 17.2 Å². The van der Waals surface area contributed by atoms with E-state index in [0.29, 0.717) is 0 Å². The third-order valence-corrected chi connectivity index (χ3v) is 2.39. The molecule has 5 nitrogen and oxygen atoms in total. The van der Waals surface area contributed by atoms with Crippen LogP contribution in [0.2, 0.25) is 0 Å². The molecule has 1 aromatic rings. The number of hydrogen-bond acceptors (Lipinski definition) is 2. The molecule has 7 heteroatoms. The van der Waals surface area contributed by atoms with E-state index in [4.69, 9.17) is 17.7 Å². The molecule has 1 rings (SSSR count). The van der Waals surface area contributed by atoms with E-state index >= 15 is 0 Å². The average Bonchev–Trinajstić information content (AvgIpc) is 2.18. The third-order valence-electron chi connectivity index (χ3n) is 1.54. The second-order valence-corrected chi connectivity index (χ2v) is 3.93. The predicted octanol–water partition coefficient (Wildman–Crippen LogP) is 3.30. The van der Waals surface area contributed by atoms with Crippen molar-refractivity contribution in [3.05, 3.63) is 39.2 Å². The normalized spacial score (nSPS) is 8.93. The van der Waals surface area contributed by atoms with E-state index in [1.54, 1.807) is 7.05 Å². The van der Waals surface area contributed by atoms with Gasteiger partial charge in [-0.3, -0.25) is 10.4 Å². The molecule has 0 fully saturated rings. The summed E-state index contributed by atoms with van der Waals surface area (Å²) in [5.41, 5.74) is 12.0. The molecule has 0 amide bonds. The lowest BCUT2D eigenvalue weighted by atomic mass is 10.3. The molecule has 0 heterocycles. The molecule has 0 spiro atoms. The zero-order valence-corrected chi connectivity index (χ0v) is 10.3. The van der Waals surface area contributed by atoms with Crippen molar-refractivity contribution in [1.82, 2.24) is 5.01 Å². The van der Waals surface area contributed by atoms with Gasteiger partial charge in [-0.05, 0) is 28.8 Å². The van der Waals surface area contributed by atoms with Crippen molar-refractivity contribution >= 4 is 38.9 Å². The van der Waals surface area contributed by atoms with E-state index in [-0.39, 0.29) is 5.11 Å². The second-order valence-electron chi connectivity index (χ2n) is 2.65. The van der Waals surface area contributed by atoms with Gasteiger partial charge >= 0.3 is 0 Å². The van der Waals surface area contributed by atoms with Gasteiger partial charge in [0.25, 0.3) is 0 Å². The number of hydrazine groups is 1. The van der Waals surface area contributed by atoms with E-state index in [1.807, 2.05) is 24.3 Å². The minimum atomic E-state index is 0.137. The number of hydrogen-bond donors (Lipinski definition) is 1. The van der Waals surface area contributed by atoms with Gasteiger partial charge in [-0.2, -0.15) is 0 Å². The van der Waals surface area contributed by atoms with Crippen LogP contribution in [0.5, 0.6) is 0 Å². The number of nitrogens with zero attached hydrogens (tertiary/aromatic N) is 4. The lowest BCUT2D eigenvalue weighted by Gasteiger charge is -2.19. The van der Waals surface area contributed by atoms with Gasteiger partial charge in [0.1, 0.15) is 0 Å². The fraction of sp³-hybridized carbons (Fsp3) is 0.125. The highest BCUT2D eigenvalue weighted by Crippen LogP contribution is 2.15. The summed E-state index contributed by atoms with van der Waals surface area (Å²) in [7, 11) is 1.68. The van der Waals surface area contributed by atoms with Crippen LogP contribution in [-0.2, 0) is 0 Å². The quantitative estimate of drug-likeness (QED) is 0.298. The van der Waals surface area contributed by atoms with Crippen LogP contribution in [0.1, 0.15) is 0 Å². The maximum Gasteiger partial charge on any atom is 0.184 e. The molecule has 0 aliphatic rings. The lowest BCUT2D eigenvalue weighted by Crippen LogP contribution is -2.29. The summed E-state index contributed by atoms with van der Waals surface area (Å²) < 4.78 is 0.954. The monoisotopic (exact) mass is 285 g/mol. The lowest BCUT2D eigenvalue weighted by molar-refractivity contribution is 0.613. The second kappa shape index (κ2) is 5.55. The van der Waals surface area contributed by atoms with Gasteiger partial charge in [0.15, 0.2) is 5.11 Å². The number of nitrogens with one attached hydrogen (secondary N) is 1. The zero-order valence-electron chi connectivity index (χ0n) is 7.88. The molecular formula is C8H8BrN5S. The molecule has 0 unspecified atom stereocenters. The fourth-order valence-electron chi connectivity index (χ4n) is 0.905. The largest absolute Gasteiger partial charge is 0.298 e. The van der Waals surface area contributed by atoms with Crippen molar-refractivity contribution in [3.8, 4) is 0 Å². The molecular weight excluding hydrogens is 278 g/mol. The summed E-state index contributed by atoms with van der Waals surface area (Å²) in [4.78, 5) is 2.61. The number of rotatable bonds is 2. The molecule has 0 aliphatic heterocycles. The van der Waals surface area contributed by atoms with Crippen LogP contribution < -0.4 is 5.43 Å². The molecule has 0 radical (unpaired) electrons. The summed E-state index contributed by atoms with van der Waals surface area (Å²) in [6, 6.07) is 7.56. The molecule has 0 saturated heterocycles. The average molecular weight is 286 g/mol. The Hall–Kier alpha value is -1.30. The fourth-order valence-corrected chi connectivity index (χ4v) is 1.39. The van der Waals surface area contributed by atoms with Crippen molar-refractivity contribution in [2.24, 2.45) is 5.11 Å². The van der Waals surface area contributed by atoms with Gasteiger partial charge in [0.2, 0.25) is 0 Å². The summed E-state index contributed by atoms with van der Waals surface area (Å²) in [5, 5.41) is 4.91. The van der Waals surface area contributed by atoms with Crippen LogP contribution in [0.4, 0.5) is 5.69 Å². The van der Waals surface area contributed by atoms with E-state index < -0.39 is 0 Å². The summed E-state index contributed by atoms with van der Waals surface area (Å²) in [6.45, 7) is 0. The number of benzene rings is 1. The minimum Gasteiger partial charge on any atom is -0.298 e. The highest BCUT2D eigenvalue weighted by atomic mass is 79.9. The summed E-state index contributed by atoms with van der Waals surface area (Å²) >= 11 is 8.19. The van der Waals surface area contributed by atoms with Gasteiger partial charge < -0.3 is 0 Å². The molecule has 15 heavy (non-hydrogen) atoms. The third kappa shape index (κ3) is 3.75. The molecule has 1 N–H and O–H groups in total. The maximum atomic E-state index is 8.20. The maximum absolute atomic E-state index is 8.20. The molecule has 0 aromatic heterocycles. The van der Waals surface area contributed by atoms with Gasteiger partial charge in [-0.15, -0.1) is 0 Å². The first-order chi connectivity index (χ1) is 7.13. The standard InChI is InChI=1S/C8H8BrN5S/c1-14(8(15)11-13-10)12-7-4-2-3-6(9)5-7/h2-5,12H,1H3. The molecule has 0 aliphatic carbocycles. The van der Waals surface area contributed by atoms with E-state index in [1.165, 1.54) is 5.01 Å². The van der Waals surface area contributed by atoms with Gasteiger partial charge in [-0.1, -0.05) is 34.2 Å². The number of azide groups is 1. The summed E-state index contributed by atoms with van der Waals surface area (Å²) in [6.07, 6.45) is 0. The Labute approximate surface area is 101 Å². The SMILES string of the molecule is CN(Nc1cccc(Br)c1)C(=S)N=[N+]=[N-]. The van der Waals surface area contributed by atoms with Crippen LogP contribution in [0, 0.1) is 0 Å². The van der Waals surface area contributed by atoms with Gasteiger partial charge in [0, 0.05) is 16.4 Å². The Bertz CT molecular complexity index is 415. The number of thiocarbonyl (C=S) groups is 1. The van der Waals surface area contributed by atoms with Crippen molar-refractivity contribution in [3.63, 3.8) is 0 Å². The molecule has 0 atom stereocenters. The van der Waals surface area contributed by atoms with Gasteiger partial charge in [-0.25, -0.2) is 0 Å². The summed E-state index contributed by atoms with van der Waals surface area (Å²) in [5.74, 6) is 0. The number of anilines is 1. The van der Waals surface area contributed by atoms with E-state index in [2.05, 4.69) is 31.4 Å². The smallest absolute Gasteiger partial charge is 0.184 e. The highest BCUT2D eigenvalue weighted by molar-refractivity contribution is 9.10. The predicted molar refractivity (Wildman–Crippen MR) is 67.3 cm³/mol. The van der Waals surface area contributed by atoms with Crippen molar-refractivity contribution in [2.75, 3.05) is 12.5 Å². The molecule has 1 aromatic carbocycles.